The maximum atomic E-state index is 12.1. The monoisotopic (exact) mass is 357 g/mol. The van der Waals surface area contributed by atoms with E-state index in [0.717, 1.165) is 19.3 Å². The average molecular weight is 357 g/mol. The molecule has 25 heavy (non-hydrogen) atoms. The van der Waals surface area contributed by atoms with Crippen molar-refractivity contribution in [3.63, 3.8) is 0 Å². The molecule has 0 fully saturated rings. The molecule has 0 unspecified atom stereocenters. The third kappa shape index (κ3) is 10.9. The maximum absolute atomic E-state index is 12.1. The van der Waals surface area contributed by atoms with Crippen LogP contribution in [0.4, 0.5) is 0 Å². The summed E-state index contributed by atoms with van der Waals surface area (Å²) in [6, 6.07) is 0. The van der Waals surface area contributed by atoms with E-state index in [9.17, 15) is 14.4 Å². The predicted octanol–water partition coefficient (Wildman–Crippen LogP) is 3.90. The van der Waals surface area contributed by atoms with Crippen LogP contribution < -0.4 is 5.73 Å². The van der Waals surface area contributed by atoms with Gasteiger partial charge in [-0.15, -0.1) is 0 Å². The third-order valence-corrected chi connectivity index (χ3v) is 4.62. The number of hydrogen-bond donors (Lipinski definition) is 3. The summed E-state index contributed by atoms with van der Waals surface area (Å²) >= 11 is 0. The normalized spacial score (nSPS) is 13.4. The first-order valence-electron chi connectivity index (χ1n) is 9.62. The lowest BCUT2D eigenvalue weighted by molar-refractivity contribution is -0.149. The molecule has 6 nitrogen and oxygen atoms in total. The second kappa shape index (κ2) is 13.8. The zero-order chi connectivity index (χ0) is 19.1. The molecular formula is C19H35NO5. The third-order valence-electron chi connectivity index (χ3n) is 4.62. The van der Waals surface area contributed by atoms with E-state index < -0.39 is 29.7 Å². The SMILES string of the molecule is CCCCCCCCCCCCCC(=O)[C@](N)(CCC(=O)O)C(=O)O. The van der Waals surface area contributed by atoms with Crippen LogP contribution in [0.3, 0.4) is 0 Å². The quantitative estimate of drug-likeness (QED) is 0.268. The van der Waals surface area contributed by atoms with Gasteiger partial charge in [0.1, 0.15) is 0 Å². The van der Waals surface area contributed by atoms with Crippen LogP contribution in [0.1, 0.15) is 96.8 Å². The topological polar surface area (TPSA) is 118 Å². The van der Waals surface area contributed by atoms with Gasteiger partial charge in [0.25, 0.3) is 0 Å². The van der Waals surface area contributed by atoms with Gasteiger partial charge in [-0.2, -0.15) is 0 Å². The Labute approximate surface area is 151 Å². The summed E-state index contributed by atoms with van der Waals surface area (Å²) in [5.74, 6) is -3.17. The van der Waals surface area contributed by atoms with Crippen LogP contribution in [-0.4, -0.2) is 33.5 Å². The maximum Gasteiger partial charge on any atom is 0.331 e. The molecule has 0 bridgehead atoms. The number of hydrogen-bond acceptors (Lipinski definition) is 4. The summed E-state index contributed by atoms with van der Waals surface area (Å²) in [4.78, 5) is 33.9. The van der Waals surface area contributed by atoms with Crippen molar-refractivity contribution in [2.24, 2.45) is 5.73 Å². The first-order chi connectivity index (χ1) is 11.8. The number of carbonyl (C=O) groups excluding carboxylic acids is 1. The Kier molecular flexibility index (Phi) is 13.0. The summed E-state index contributed by atoms with van der Waals surface area (Å²) in [6.45, 7) is 2.21. The Morgan fingerprint density at radius 2 is 1.20 bits per heavy atom. The number of ketones is 1. The molecule has 0 aliphatic rings. The molecule has 0 aliphatic heterocycles. The second-order valence-electron chi connectivity index (χ2n) is 6.88. The molecule has 0 aromatic heterocycles. The summed E-state index contributed by atoms with van der Waals surface area (Å²) in [7, 11) is 0. The zero-order valence-corrected chi connectivity index (χ0v) is 15.6. The standard InChI is InChI=1S/C19H35NO5/c1-2-3-4-5-6-7-8-9-10-11-12-13-16(21)19(20,18(24)25)15-14-17(22)23/h2-15,20H2,1H3,(H,22,23)(H,24,25)/t19-/m1/s1. The molecule has 0 saturated heterocycles. The first kappa shape index (κ1) is 23.6. The van der Waals surface area contributed by atoms with E-state index >= 15 is 0 Å². The van der Waals surface area contributed by atoms with E-state index in [4.69, 9.17) is 15.9 Å². The largest absolute Gasteiger partial charge is 0.481 e. The molecule has 0 spiro atoms. The van der Waals surface area contributed by atoms with Crippen LogP contribution in [0.5, 0.6) is 0 Å². The minimum Gasteiger partial charge on any atom is -0.481 e. The van der Waals surface area contributed by atoms with Gasteiger partial charge in [-0.05, 0) is 12.8 Å². The highest BCUT2D eigenvalue weighted by Gasteiger charge is 2.41. The van der Waals surface area contributed by atoms with Crippen LogP contribution >= 0.6 is 0 Å². The van der Waals surface area contributed by atoms with Gasteiger partial charge in [0.05, 0.1) is 0 Å². The smallest absolute Gasteiger partial charge is 0.331 e. The second-order valence-corrected chi connectivity index (χ2v) is 6.88. The Hall–Kier alpha value is -1.43. The molecule has 0 saturated carbocycles. The molecule has 4 N–H and O–H groups in total. The van der Waals surface area contributed by atoms with Gasteiger partial charge < -0.3 is 15.9 Å². The Bertz CT molecular complexity index is 411. The average Bonchev–Trinajstić information content (AvgIpc) is 2.57. The van der Waals surface area contributed by atoms with Crippen molar-refractivity contribution in [1.29, 1.82) is 0 Å². The van der Waals surface area contributed by atoms with Crippen LogP contribution in [0.15, 0.2) is 0 Å². The number of nitrogens with two attached hydrogens (primary N) is 1. The van der Waals surface area contributed by atoms with E-state index in [-0.39, 0.29) is 12.8 Å². The first-order valence-corrected chi connectivity index (χ1v) is 9.62. The highest BCUT2D eigenvalue weighted by Crippen LogP contribution is 2.17. The Morgan fingerprint density at radius 1 is 0.760 bits per heavy atom. The predicted molar refractivity (Wildman–Crippen MR) is 97.5 cm³/mol. The van der Waals surface area contributed by atoms with Crippen LogP contribution in [0, 0.1) is 0 Å². The number of unbranched alkanes of at least 4 members (excludes halogenated alkanes) is 10. The summed E-state index contributed by atoms with van der Waals surface area (Å²) < 4.78 is 0. The van der Waals surface area contributed by atoms with E-state index in [1.807, 2.05) is 0 Å². The summed E-state index contributed by atoms with van der Waals surface area (Å²) in [6.07, 6.45) is 11.9. The lowest BCUT2D eigenvalue weighted by Crippen LogP contribution is -2.55. The number of carboxylic acid groups (broad SMARTS) is 2. The molecule has 0 aromatic rings. The number of carboxylic acids is 2. The van der Waals surface area contributed by atoms with Gasteiger partial charge in [-0.25, -0.2) is 4.79 Å². The van der Waals surface area contributed by atoms with E-state index in [0.29, 0.717) is 6.42 Å². The molecule has 6 heteroatoms. The Morgan fingerprint density at radius 3 is 1.60 bits per heavy atom. The van der Waals surface area contributed by atoms with Crippen LogP contribution in [-0.2, 0) is 14.4 Å². The van der Waals surface area contributed by atoms with Crippen molar-refractivity contribution in [2.75, 3.05) is 0 Å². The molecule has 0 amide bonds. The van der Waals surface area contributed by atoms with Crippen molar-refractivity contribution in [2.45, 2.75) is 102 Å². The molecule has 0 aliphatic carbocycles. The summed E-state index contributed by atoms with van der Waals surface area (Å²) in [5, 5.41) is 17.8. The van der Waals surface area contributed by atoms with Crippen LogP contribution in [0.2, 0.25) is 0 Å². The van der Waals surface area contributed by atoms with E-state index in [1.165, 1.54) is 44.9 Å². The van der Waals surface area contributed by atoms with Crippen molar-refractivity contribution in [3.05, 3.63) is 0 Å². The van der Waals surface area contributed by atoms with Crippen molar-refractivity contribution < 1.29 is 24.6 Å². The van der Waals surface area contributed by atoms with Gasteiger partial charge in [-0.1, -0.05) is 71.1 Å². The van der Waals surface area contributed by atoms with Gasteiger partial charge >= 0.3 is 11.9 Å². The highest BCUT2D eigenvalue weighted by molar-refractivity contribution is 6.07. The van der Waals surface area contributed by atoms with Gasteiger partial charge in [0.15, 0.2) is 11.3 Å². The molecule has 0 heterocycles. The van der Waals surface area contributed by atoms with Crippen molar-refractivity contribution >= 4 is 17.7 Å². The zero-order valence-electron chi connectivity index (χ0n) is 15.6. The van der Waals surface area contributed by atoms with Gasteiger partial charge in [-0.3, -0.25) is 9.59 Å². The Balaban J connectivity index is 3.82. The lowest BCUT2D eigenvalue weighted by atomic mass is 9.87. The van der Waals surface area contributed by atoms with Crippen molar-refractivity contribution in [1.82, 2.24) is 0 Å². The molecular weight excluding hydrogens is 322 g/mol. The number of carbonyl (C=O) groups is 3. The minimum absolute atomic E-state index is 0.0967. The molecule has 0 aromatic carbocycles. The fourth-order valence-electron chi connectivity index (χ4n) is 2.84. The molecule has 0 radical (unpaired) electrons. The van der Waals surface area contributed by atoms with Gasteiger partial charge in [0.2, 0.25) is 0 Å². The van der Waals surface area contributed by atoms with Gasteiger partial charge in [0, 0.05) is 12.8 Å². The number of Topliss-reactive ketones (excluding diaryl/α,β-unsaturated/α-hetero) is 1. The number of aliphatic carboxylic acids is 2. The molecule has 0 rings (SSSR count). The highest BCUT2D eigenvalue weighted by atomic mass is 16.4. The molecule has 146 valence electrons. The summed E-state index contributed by atoms with van der Waals surface area (Å²) in [5.41, 5.74) is 3.58. The molecule has 1 atom stereocenters. The van der Waals surface area contributed by atoms with Crippen LogP contribution in [0.25, 0.3) is 0 Å². The van der Waals surface area contributed by atoms with Crippen molar-refractivity contribution in [3.8, 4) is 0 Å². The van der Waals surface area contributed by atoms with E-state index in [2.05, 4.69) is 6.92 Å². The van der Waals surface area contributed by atoms with E-state index in [1.54, 1.807) is 0 Å². The fourth-order valence-corrected chi connectivity index (χ4v) is 2.84. The lowest BCUT2D eigenvalue weighted by Gasteiger charge is -2.22. The fraction of sp³-hybridized carbons (Fsp3) is 0.842. The number of rotatable bonds is 17. The minimum atomic E-state index is -2.07.